The molecule has 0 N–H and O–H groups in total. The van der Waals surface area contributed by atoms with E-state index in [0.717, 1.165) is 29.9 Å². The molecule has 0 aliphatic heterocycles. The summed E-state index contributed by atoms with van der Waals surface area (Å²) in [6.45, 7) is 0. The second-order valence-corrected chi connectivity index (χ2v) is 5.43. The van der Waals surface area contributed by atoms with Crippen LogP contribution >= 0.6 is 0 Å². The van der Waals surface area contributed by atoms with Crippen LogP contribution in [0, 0.1) is 0 Å². The van der Waals surface area contributed by atoms with E-state index in [1.54, 1.807) is 14.2 Å². The first-order valence-corrected chi connectivity index (χ1v) is 7.63. The van der Waals surface area contributed by atoms with E-state index in [9.17, 15) is 4.79 Å². The summed E-state index contributed by atoms with van der Waals surface area (Å²) in [6, 6.07) is 5.62. The van der Waals surface area contributed by atoms with E-state index in [1.165, 1.54) is 19.3 Å². The highest BCUT2D eigenvalue weighted by Gasteiger charge is 2.18. The van der Waals surface area contributed by atoms with E-state index < -0.39 is 0 Å². The van der Waals surface area contributed by atoms with Crippen molar-refractivity contribution < 1.29 is 19.0 Å². The van der Waals surface area contributed by atoms with E-state index in [1.807, 2.05) is 18.2 Å². The highest BCUT2D eigenvalue weighted by molar-refractivity contribution is 5.70. The zero-order chi connectivity index (χ0) is 15.1. The predicted octanol–water partition coefficient (Wildman–Crippen LogP) is 3.51. The summed E-state index contributed by atoms with van der Waals surface area (Å²) in [6.07, 6.45) is 6.71. The highest BCUT2D eigenvalue weighted by atomic mass is 16.5. The number of methoxy groups -OCH3 is 2. The van der Waals surface area contributed by atoms with Crippen LogP contribution in [0.2, 0.25) is 0 Å². The molecule has 4 heteroatoms. The number of esters is 1. The summed E-state index contributed by atoms with van der Waals surface area (Å²) in [5.41, 5.74) is 0.970. The molecule has 1 aliphatic carbocycles. The van der Waals surface area contributed by atoms with Crippen LogP contribution in [-0.2, 0) is 16.0 Å². The van der Waals surface area contributed by atoms with Crippen molar-refractivity contribution >= 4 is 5.97 Å². The monoisotopic (exact) mass is 292 g/mol. The van der Waals surface area contributed by atoms with Gasteiger partial charge in [-0.15, -0.1) is 0 Å². The smallest absolute Gasteiger partial charge is 0.306 e. The Morgan fingerprint density at radius 1 is 1.14 bits per heavy atom. The van der Waals surface area contributed by atoms with Gasteiger partial charge in [-0.1, -0.05) is 6.42 Å². The number of hydrogen-bond donors (Lipinski definition) is 0. The van der Waals surface area contributed by atoms with Gasteiger partial charge in [-0.2, -0.15) is 0 Å². The van der Waals surface area contributed by atoms with Gasteiger partial charge in [-0.3, -0.25) is 4.79 Å². The molecule has 0 spiro atoms. The molecule has 1 aliphatic rings. The zero-order valence-electron chi connectivity index (χ0n) is 12.9. The second-order valence-electron chi connectivity index (χ2n) is 5.43. The molecule has 0 saturated heterocycles. The van der Waals surface area contributed by atoms with Crippen molar-refractivity contribution in [2.24, 2.45) is 0 Å². The van der Waals surface area contributed by atoms with Gasteiger partial charge in [0.25, 0.3) is 0 Å². The molecule has 0 heterocycles. The SMILES string of the molecule is COc1ccc(OC)c(CCC(=O)OC2CCCCC2)c1. The summed E-state index contributed by atoms with van der Waals surface area (Å²) in [4.78, 5) is 11.9. The first-order valence-electron chi connectivity index (χ1n) is 7.63. The average molecular weight is 292 g/mol. The van der Waals surface area contributed by atoms with E-state index in [0.29, 0.717) is 12.8 Å². The Morgan fingerprint density at radius 2 is 1.90 bits per heavy atom. The summed E-state index contributed by atoms with van der Waals surface area (Å²) in [5.74, 6) is 1.43. The molecule has 1 aromatic rings. The van der Waals surface area contributed by atoms with Crippen molar-refractivity contribution in [3.05, 3.63) is 23.8 Å². The van der Waals surface area contributed by atoms with Gasteiger partial charge in [0, 0.05) is 6.42 Å². The quantitative estimate of drug-likeness (QED) is 0.753. The van der Waals surface area contributed by atoms with E-state index in [-0.39, 0.29) is 12.1 Å². The lowest BCUT2D eigenvalue weighted by atomic mass is 9.98. The number of aryl methyl sites for hydroxylation is 1. The van der Waals surface area contributed by atoms with Crippen molar-refractivity contribution in [3.63, 3.8) is 0 Å². The van der Waals surface area contributed by atoms with Crippen LogP contribution in [0.4, 0.5) is 0 Å². The molecular formula is C17H24O4. The van der Waals surface area contributed by atoms with Gasteiger partial charge >= 0.3 is 5.97 Å². The number of rotatable bonds is 6. The van der Waals surface area contributed by atoms with Crippen molar-refractivity contribution in [1.82, 2.24) is 0 Å². The average Bonchev–Trinajstić information content (AvgIpc) is 2.53. The topological polar surface area (TPSA) is 44.8 Å². The lowest BCUT2D eigenvalue weighted by Gasteiger charge is -2.21. The number of carbonyl (C=O) groups excluding carboxylic acids is 1. The van der Waals surface area contributed by atoms with Crippen LogP contribution in [0.3, 0.4) is 0 Å². The van der Waals surface area contributed by atoms with Crippen LogP contribution in [0.25, 0.3) is 0 Å². The first kappa shape index (κ1) is 15.7. The molecule has 1 fully saturated rings. The van der Waals surface area contributed by atoms with Crippen LogP contribution in [0.15, 0.2) is 18.2 Å². The van der Waals surface area contributed by atoms with E-state index in [2.05, 4.69) is 0 Å². The third-order valence-corrected chi connectivity index (χ3v) is 3.94. The van der Waals surface area contributed by atoms with Crippen LogP contribution in [-0.4, -0.2) is 26.3 Å². The Hall–Kier alpha value is -1.71. The van der Waals surface area contributed by atoms with E-state index in [4.69, 9.17) is 14.2 Å². The minimum absolute atomic E-state index is 0.119. The molecule has 21 heavy (non-hydrogen) atoms. The van der Waals surface area contributed by atoms with Crippen molar-refractivity contribution in [1.29, 1.82) is 0 Å². The van der Waals surface area contributed by atoms with Crippen LogP contribution in [0.1, 0.15) is 44.1 Å². The molecule has 0 unspecified atom stereocenters. The maximum Gasteiger partial charge on any atom is 0.306 e. The Morgan fingerprint density at radius 3 is 2.57 bits per heavy atom. The normalized spacial score (nSPS) is 15.5. The molecular weight excluding hydrogens is 268 g/mol. The third-order valence-electron chi connectivity index (χ3n) is 3.94. The molecule has 0 aromatic heterocycles. The largest absolute Gasteiger partial charge is 0.497 e. The van der Waals surface area contributed by atoms with Gasteiger partial charge in [0.2, 0.25) is 0 Å². The fourth-order valence-electron chi connectivity index (χ4n) is 2.74. The fourth-order valence-corrected chi connectivity index (χ4v) is 2.74. The molecule has 0 atom stereocenters. The molecule has 2 rings (SSSR count). The minimum atomic E-state index is -0.119. The Labute approximate surface area is 126 Å². The van der Waals surface area contributed by atoms with Crippen molar-refractivity contribution in [2.75, 3.05) is 14.2 Å². The summed E-state index contributed by atoms with van der Waals surface area (Å²) >= 11 is 0. The van der Waals surface area contributed by atoms with Gasteiger partial charge < -0.3 is 14.2 Å². The second kappa shape index (κ2) is 7.91. The fraction of sp³-hybridized carbons (Fsp3) is 0.588. The molecule has 1 saturated carbocycles. The first-order chi connectivity index (χ1) is 10.2. The van der Waals surface area contributed by atoms with Gasteiger partial charge in [-0.05, 0) is 55.9 Å². The van der Waals surface area contributed by atoms with Crippen LogP contribution in [0.5, 0.6) is 11.5 Å². The van der Waals surface area contributed by atoms with Gasteiger partial charge in [-0.25, -0.2) is 0 Å². The lowest BCUT2D eigenvalue weighted by Crippen LogP contribution is -2.21. The number of benzene rings is 1. The molecule has 4 nitrogen and oxygen atoms in total. The summed E-state index contributed by atoms with van der Waals surface area (Å²) < 4.78 is 16.1. The van der Waals surface area contributed by atoms with E-state index >= 15 is 0 Å². The number of hydrogen-bond acceptors (Lipinski definition) is 4. The molecule has 0 amide bonds. The minimum Gasteiger partial charge on any atom is -0.497 e. The zero-order valence-corrected chi connectivity index (χ0v) is 12.9. The maximum atomic E-state index is 11.9. The summed E-state index contributed by atoms with van der Waals surface area (Å²) in [7, 11) is 3.26. The standard InChI is InChI=1S/C17H24O4/c1-19-15-9-10-16(20-2)13(12-15)8-11-17(18)21-14-6-4-3-5-7-14/h9-10,12,14H,3-8,11H2,1-2H3. The van der Waals surface area contributed by atoms with Crippen LogP contribution < -0.4 is 9.47 Å². The molecule has 116 valence electrons. The predicted molar refractivity (Wildman–Crippen MR) is 80.8 cm³/mol. The van der Waals surface area contributed by atoms with Gasteiger partial charge in [0.1, 0.15) is 17.6 Å². The molecule has 0 bridgehead atoms. The van der Waals surface area contributed by atoms with Gasteiger partial charge in [0.05, 0.1) is 14.2 Å². The van der Waals surface area contributed by atoms with Gasteiger partial charge in [0.15, 0.2) is 0 Å². The Balaban J connectivity index is 1.87. The summed E-state index contributed by atoms with van der Waals surface area (Å²) in [5, 5.41) is 0. The number of ether oxygens (including phenoxy) is 3. The Kier molecular flexibility index (Phi) is 5.90. The van der Waals surface area contributed by atoms with Crippen molar-refractivity contribution in [2.45, 2.75) is 51.0 Å². The maximum absolute atomic E-state index is 11.9. The third kappa shape index (κ3) is 4.66. The van der Waals surface area contributed by atoms with Crippen molar-refractivity contribution in [3.8, 4) is 11.5 Å². The molecule has 0 radical (unpaired) electrons. The lowest BCUT2D eigenvalue weighted by molar-refractivity contribution is -0.150. The highest BCUT2D eigenvalue weighted by Crippen LogP contribution is 2.26. The molecule has 1 aromatic carbocycles. The Bertz CT molecular complexity index is 464. The number of carbonyl (C=O) groups is 1.